The standard InChI is InChI=1S/C9H7BrN4O/c1-14-8(6(10)4-13-14)9(15)7-5-11-2-3-12-7/h2-5H,1H3. The molecule has 0 bridgehead atoms. The van der Waals surface area contributed by atoms with Gasteiger partial charge in [0.05, 0.1) is 16.9 Å². The Hall–Kier alpha value is -1.56. The quantitative estimate of drug-likeness (QED) is 0.767. The highest BCUT2D eigenvalue weighted by Crippen LogP contribution is 2.17. The minimum Gasteiger partial charge on any atom is -0.285 e. The van der Waals surface area contributed by atoms with Gasteiger partial charge in [0, 0.05) is 19.4 Å². The van der Waals surface area contributed by atoms with Crippen LogP contribution in [0.25, 0.3) is 0 Å². The Morgan fingerprint density at radius 3 is 2.73 bits per heavy atom. The molecule has 0 aromatic carbocycles. The summed E-state index contributed by atoms with van der Waals surface area (Å²) in [4.78, 5) is 19.7. The Morgan fingerprint density at radius 1 is 1.40 bits per heavy atom. The number of hydrogen-bond acceptors (Lipinski definition) is 4. The van der Waals surface area contributed by atoms with E-state index in [0.717, 1.165) is 0 Å². The molecule has 0 spiro atoms. The van der Waals surface area contributed by atoms with Gasteiger partial charge >= 0.3 is 0 Å². The number of carbonyl (C=O) groups is 1. The van der Waals surface area contributed by atoms with Crippen LogP contribution < -0.4 is 0 Å². The first kappa shape index (κ1) is 9.97. The van der Waals surface area contributed by atoms with Crippen LogP contribution in [-0.4, -0.2) is 25.5 Å². The molecule has 2 heterocycles. The number of halogens is 1. The Bertz CT molecular complexity index is 475. The molecular formula is C9H7BrN4O. The normalized spacial score (nSPS) is 10.3. The van der Waals surface area contributed by atoms with E-state index in [9.17, 15) is 4.79 Å². The molecule has 2 aromatic rings. The summed E-state index contributed by atoms with van der Waals surface area (Å²) in [5.74, 6) is -0.199. The minimum atomic E-state index is -0.199. The van der Waals surface area contributed by atoms with Crippen LogP contribution in [0.3, 0.4) is 0 Å². The van der Waals surface area contributed by atoms with Crippen molar-refractivity contribution < 1.29 is 4.79 Å². The first-order valence-corrected chi connectivity index (χ1v) is 4.97. The molecule has 0 radical (unpaired) electrons. The van der Waals surface area contributed by atoms with Gasteiger partial charge in [0.25, 0.3) is 0 Å². The minimum absolute atomic E-state index is 0.199. The topological polar surface area (TPSA) is 60.7 Å². The SMILES string of the molecule is Cn1ncc(Br)c1C(=O)c1cnccn1. The number of carbonyl (C=O) groups excluding carboxylic acids is 1. The summed E-state index contributed by atoms with van der Waals surface area (Å²) < 4.78 is 2.15. The van der Waals surface area contributed by atoms with Crippen molar-refractivity contribution in [3.63, 3.8) is 0 Å². The molecule has 0 fully saturated rings. The van der Waals surface area contributed by atoms with Crippen LogP contribution in [0.1, 0.15) is 16.2 Å². The molecule has 0 saturated carbocycles. The van der Waals surface area contributed by atoms with Gasteiger partial charge in [-0.25, -0.2) is 4.98 Å². The largest absolute Gasteiger partial charge is 0.285 e. The summed E-state index contributed by atoms with van der Waals surface area (Å²) in [7, 11) is 1.70. The predicted octanol–water partition coefficient (Wildman–Crippen LogP) is 1.20. The first-order valence-electron chi connectivity index (χ1n) is 4.18. The van der Waals surface area contributed by atoms with E-state index in [0.29, 0.717) is 15.9 Å². The summed E-state index contributed by atoms with van der Waals surface area (Å²) in [6.45, 7) is 0. The van der Waals surface area contributed by atoms with Gasteiger partial charge in [-0.05, 0) is 15.9 Å². The zero-order valence-electron chi connectivity index (χ0n) is 7.88. The lowest BCUT2D eigenvalue weighted by Crippen LogP contribution is -2.10. The average Bonchev–Trinajstić information content (AvgIpc) is 2.59. The molecule has 0 saturated heterocycles. The van der Waals surface area contributed by atoms with Gasteiger partial charge in [-0.15, -0.1) is 0 Å². The Kier molecular flexibility index (Phi) is 2.59. The van der Waals surface area contributed by atoms with Gasteiger partial charge in [0.15, 0.2) is 0 Å². The third kappa shape index (κ3) is 1.80. The van der Waals surface area contributed by atoms with Crippen molar-refractivity contribution >= 4 is 21.7 Å². The van der Waals surface area contributed by atoms with Gasteiger partial charge in [0.1, 0.15) is 11.4 Å². The molecule has 0 unspecified atom stereocenters. The lowest BCUT2D eigenvalue weighted by molar-refractivity contribution is 0.102. The lowest BCUT2D eigenvalue weighted by atomic mass is 10.2. The molecule has 0 atom stereocenters. The molecular weight excluding hydrogens is 260 g/mol. The molecule has 2 aromatic heterocycles. The highest BCUT2D eigenvalue weighted by atomic mass is 79.9. The number of rotatable bonds is 2. The van der Waals surface area contributed by atoms with Crippen molar-refractivity contribution in [1.82, 2.24) is 19.7 Å². The number of aromatic nitrogens is 4. The maximum Gasteiger partial charge on any atom is 0.232 e. The molecule has 0 amide bonds. The molecule has 5 nitrogen and oxygen atoms in total. The zero-order valence-corrected chi connectivity index (χ0v) is 9.47. The van der Waals surface area contributed by atoms with Gasteiger partial charge in [-0.2, -0.15) is 5.10 Å². The van der Waals surface area contributed by atoms with E-state index in [1.165, 1.54) is 23.3 Å². The van der Waals surface area contributed by atoms with Crippen molar-refractivity contribution in [2.24, 2.45) is 7.05 Å². The van der Waals surface area contributed by atoms with Crippen LogP contribution in [0.2, 0.25) is 0 Å². The van der Waals surface area contributed by atoms with Crippen LogP contribution in [-0.2, 0) is 7.05 Å². The zero-order chi connectivity index (χ0) is 10.8. The summed E-state index contributed by atoms with van der Waals surface area (Å²) in [6.07, 6.45) is 6.01. The maximum atomic E-state index is 12.0. The lowest BCUT2D eigenvalue weighted by Gasteiger charge is -2.00. The third-order valence-corrected chi connectivity index (χ3v) is 2.49. The molecule has 0 aliphatic carbocycles. The van der Waals surface area contributed by atoms with Crippen molar-refractivity contribution in [2.75, 3.05) is 0 Å². The van der Waals surface area contributed by atoms with E-state index in [4.69, 9.17) is 0 Å². The van der Waals surface area contributed by atoms with Gasteiger partial charge < -0.3 is 0 Å². The molecule has 0 N–H and O–H groups in total. The van der Waals surface area contributed by atoms with E-state index in [2.05, 4.69) is 31.0 Å². The summed E-state index contributed by atoms with van der Waals surface area (Å²) >= 11 is 3.26. The van der Waals surface area contributed by atoms with Crippen molar-refractivity contribution in [3.05, 3.63) is 40.6 Å². The monoisotopic (exact) mass is 266 g/mol. The van der Waals surface area contributed by atoms with E-state index in [1.807, 2.05) is 0 Å². The molecule has 76 valence electrons. The van der Waals surface area contributed by atoms with E-state index in [-0.39, 0.29) is 5.78 Å². The fourth-order valence-corrected chi connectivity index (χ4v) is 1.73. The molecule has 15 heavy (non-hydrogen) atoms. The predicted molar refractivity (Wildman–Crippen MR) is 56.4 cm³/mol. The molecule has 0 aliphatic heterocycles. The van der Waals surface area contributed by atoms with Crippen molar-refractivity contribution in [2.45, 2.75) is 0 Å². The molecule has 0 aliphatic rings. The summed E-state index contributed by atoms with van der Waals surface area (Å²) in [5, 5.41) is 3.96. The van der Waals surface area contributed by atoms with E-state index in [1.54, 1.807) is 13.2 Å². The summed E-state index contributed by atoms with van der Waals surface area (Å²) in [5.41, 5.74) is 0.775. The maximum absolute atomic E-state index is 12.0. The number of ketones is 1. The van der Waals surface area contributed by atoms with Gasteiger partial charge in [0.2, 0.25) is 5.78 Å². The molecule has 2 rings (SSSR count). The van der Waals surface area contributed by atoms with Crippen molar-refractivity contribution in [1.29, 1.82) is 0 Å². The van der Waals surface area contributed by atoms with Gasteiger partial charge in [-0.3, -0.25) is 14.5 Å². The first-order chi connectivity index (χ1) is 7.20. The second kappa shape index (κ2) is 3.90. The van der Waals surface area contributed by atoms with Crippen LogP contribution in [0, 0.1) is 0 Å². The fraction of sp³-hybridized carbons (Fsp3) is 0.111. The van der Waals surface area contributed by atoms with E-state index < -0.39 is 0 Å². The number of nitrogens with zero attached hydrogens (tertiary/aromatic N) is 4. The third-order valence-electron chi connectivity index (χ3n) is 1.91. The van der Waals surface area contributed by atoms with Crippen molar-refractivity contribution in [3.8, 4) is 0 Å². The summed E-state index contributed by atoms with van der Waals surface area (Å²) in [6, 6.07) is 0. The highest BCUT2D eigenvalue weighted by Gasteiger charge is 2.18. The van der Waals surface area contributed by atoms with Crippen LogP contribution >= 0.6 is 15.9 Å². The van der Waals surface area contributed by atoms with Crippen LogP contribution in [0.5, 0.6) is 0 Å². The van der Waals surface area contributed by atoms with Crippen LogP contribution in [0.4, 0.5) is 0 Å². The average molecular weight is 267 g/mol. The highest BCUT2D eigenvalue weighted by molar-refractivity contribution is 9.10. The Morgan fingerprint density at radius 2 is 2.20 bits per heavy atom. The number of aryl methyl sites for hydroxylation is 1. The second-order valence-corrected chi connectivity index (χ2v) is 3.74. The second-order valence-electron chi connectivity index (χ2n) is 2.88. The van der Waals surface area contributed by atoms with Crippen LogP contribution in [0.15, 0.2) is 29.3 Å². The number of hydrogen-bond donors (Lipinski definition) is 0. The smallest absolute Gasteiger partial charge is 0.232 e. The van der Waals surface area contributed by atoms with Gasteiger partial charge in [-0.1, -0.05) is 0 Å². The fourth-order valence-electron chi connectivity index (χ4n) is 1.20. The Balaban J connectivity index is 2.46. The Labute approximate surface area is 94.3 Å². The molecule has 6 heteroatoms. The van der Waals surface area contributed by atoms with E-state index >= 15 is 0 Å².